The second kappa shape index (κ2) is 2.86. The lowest BCUT2D eigenvalue weighted by atomic mass is 10.1. The van der Waals surface area contributed by atoms with Crippen LogP contribution < -0.4 is 5.32 Å². The van der Waals surface area contributed by atoms with E-state index in [-0.39, 0.29) is 18.1 Å². The molecule has 1 aliphatic carbocycles. The van der Waals surface area contributed by atoms with Crippen molar-refractivity contribution in [3.63, 3.8) is 0 Å². The lowest BCUT2D eigenvalue weighted by molar-refractivity contribution is -0.129. The summed E-state index contributed by atoms with van der Waals surface area (Å²) in [4.78, 5) is 21.3. The minimum Gasteiger partial charge on any atom is -0.297 e. The zero-order chi connectivity index (χ0) is 7.56. The molecule has 1 aliphatic rings. The smallest absolute Gasteiger partial charge is 0.229 e. The van der Waals surface area contributed by atoms with Gasteiger partial charge in [0.2, 0.25) is 11.8 Å². The van der Waals surface area contributed by atoms with Crippen LogP contribution in [0.3, 0.4) is 0 Å². The Balaban J connectivity index is 2.23. The maximum Gasteiger partial charge on any atom is 0.229 e. The summed E-state index contributed by atoms with van der Waals surface area (Å²) in [6.45, 7) is 0. The molecule has 0 atom stereocenters. The number of hydrogen-bond donors (Lipinski definition) is 1. The molecule has 0 aromatic heterocycles. The van der Waals surface area contributed by atoms with E-state index < -0.39 is 5.91 Å². The Bertz CT molecular complexity index is 165. The minimum atomic E-state index is -0.392. The molecule has 1 N–H and O–H groups in total. The third-order valence-electron chi connectivity index (χ3n) is 1.40. The maximum atomic E-state index is 10.8. The van der Waals surface area contributed by atoms with Crippen LogP contribution in [0.25, 0.3) is 0 Å². The van der Waals surface area contributed by atoms with Gasteiger partial charge in [0, 0.05) is 5.92 Å². The number of carbonyl (C=O) groups is 2. The normalized spacial score (nSPS) is 16.4. The molecule has 1 rings (SSSR count). The van der Waals surface area contributed by atoms with Crippen LogP contribution in [0, 0.1) is 5.92 Å². The number of nitrogens with one attached hydrogen (secondary N) is 1. The Labute approximate surface area is 60.6 Å². The average molecular weight is 137 g/mol. The van der Waals surface area contributed by atoms with E-state index in [1.165, 1.54) is 0 Å². The largest absolute Gasteiger partial charge is 0.297 e. The van der Waals surface area contributed by atoms with Gasteiger partial charge in [-0.2, -0.15) is 0 Å². The van der Waals surface area contributed by atoms with Crippen molar-refractivity contribution < 1.29 is 9.59 Å². The Morgan fingerprint density at radius 2 is 2.10 bits per heavy atom. The summed E-state index contributed by atoms with van der Waals surface area (Å²) in [6.07, 6.45) is 1.70. The summed E-state index contributed by atoms with van der Waals surface area (Å²) in [6, 6.07) is 0. The van der Waals surface area contributed by atoms with Crippen LogP contribution in [0.2, 0.25) is 6.32 Å². The van der Waals surface area contributed by atoms with Gasteiger partial charge in [-0.15, -0.1) is 0 Å². The molecule has 0 bridgehead atoms. The molecule has 0 heterocycles. The first kappa shape index (κ1) is 7.31. The fraction of sp³-hybridized carbons (Fsp3) is 0.667. The fourth-order valence-corrected chi connectivity index (χ4v) is 0.636. The van der Waals surface area contributed by atoms with Crippen molar-refractivity contribution in [1.29, 1.82) is 0 Å². The second-order valence-electron chi connectivity index (χ2n) is 2.39. The Kier molecular flexibility index (Phi) is 2.09. The molecule has 0 aromatic rings. The number of carbonyl (C=O) groups excluding carboxylic acids is 2. The third kappa shape index (κ3) is 1.86. The van der Waals surface area contributed by atoms with Crippen LogP contribution in [0.5, 0.6) is 0 Å². The fourth-order valence-electron chi connectivity index (χ4n) is 0.636. The summed E-state index contributed by atoms with van der Waals surface area (Å²) in [5, 5.41) is 2.19. The highest BCUT2D eigenvalue weighted by atomic mass is 16.2. The van der Waals surface area contributed by atoms with E-state index >= 15 is 0 Å². The SMILES string of the molecule is [B]CC(=O)NC(=O)C1CC1. The third-order valence-corrected chi connectivity index (χ3v) is 1.40. The first-order valence-corrected chi connectivity index (χ1v) is 3.28. The van der Waals surface area contributed by atoms with Gasteiger partial charge in [0.1, 0.15) is 0 Å². The van der Waals surface area contributed by atoms with Crippen molar-refractivity contribution in [2.75, 3.05) is 0 Å². The van der Waals surface area contributed by atoms with Crippen molar-refractivity contribution in [3.05, 3.63) is 0 Å². The van der Waals surface area contributed by atoms with Crippen LogP contribution in [0.15, 0.2) is 0 Å². The molecule has 52 valence electrons. The molecule has 0 spiro atoms. The molecule has 10 heavy (non-hydrogen) atoms. The summed E-state index contributed by atoms with van der Waals surface area (Å²) in [5.41, 5.74) is 0. The van der Waals surface area contributed by atoms with Gasteiger partial charge < -0.3 is 0 Å². The van der Waals surface area contributed by atoms with Gasteiger partial charge in [-0.25, -0.2) is 0 Å². The van der Waals surface area contributed by atoms with Gasteiger partial charge in [0.25, 0.3) is 0 Å². The van der Waals surface area contributed by atoms with E-state index in [4.69, 9.17) is 7.85 Å². The Morgan fingerprint density at radius 1 is 1.50 bits per heavy atom. The molecular weight excluding hydrogens is 129 g/mol. The zero-order valence-corrected chi connectivity index (χ0v) is 5.59. The van der Waals surface area contributed by atoms with Crippen molar-refractivity contribution >= 4 is 19.7 Å². The van der Waals surface area contributed by atoms with Crippen molar-refractivity contribution in [2.24, 2.45) is 5.92 Å². The van der Waals surface area contributed by atoms with Crippen molar-refractivity contribution in [3.8, 4) is 0 Å². The van der Waals surface area contributed by atoms with Crippen LogP contribution >= 0.6 is 0 Å². The van der Waals surface area contributed by atoms with E-state index in [1.54, 1.807) is 0 Å². The van der Waals surface area contributed by atoms with Crippen LogP contribution in [0.1, 0.15) is 12.8 Å². The topological polar surface area (TPSA) is 46.2 Å². The summed E-state index contributed by atoms with van der Waals surface area (Å²) < 4.78 is 0. The maximum absolute atomic E-state index is 10.8. The quantitative estimate of drug-likeness (QED) is 0.527. The van der Waals surface area contributed by atoms with E-state index in [9.17, 15) is 9.59 Å². The summed E-state index contributed by atoms with van der Waals surface area (Å²) in [5.74, 6) is -0.483. The predicted octanol–water partition coefficient (Wildman–Crippen LogP) is -0.374. The van der Waals surface area contributed by atoms with E-state index in [0.29, 0.717) is 0 Å². The minimum absolute atomic E-state index is 0.0792. The Morgan fingerprint density at radius 3 is 2.50 bits per heavy atom. The van der Waals surface area contributed by atoms with E-state index in [0.717, 1.165) is 12.8 Å². The lowest BCUT2D eigenvalue weighted by Gasteiger charge is -1.97. The highest BCUT2D eigenvalue weighted by Crippen LogP contribution is 2.28. The molecule has 2 amide bonds. The lowest BCUT2D eigenvalue weighted by Crippen LogP contribution is -2.30. The number of imide groups is 1. The molecule has 1 saturated carbocycles. The molecule has 0 aromatic carbocycles. The summed E-state index contributed by atoms with van der Waals surface area (Å²) in [7, 11) is 4.98. The molecule has 3 nitrogen and oxygen atoms in total. The van der Waals surface area contributed by atoms with Gasteiger partial charge in [-0.1, -0.05) is 0 Å². The molecule has 0 unspecified atom stereocenters. The number of hydrogen-bond acceptors (Lipinski definition) is 2. The Hall–Kier alpha value is -0.795. The number of rotatable bonds is 2. The van der Waals surface area contributed by atoms with E-state index in [2.05, 4.69) is 5.32 Å². The number of amides is 2. The summed E-state index contributed by atoms with van der Waals surface area (Å²) >= 11 is 0. The van der Waals surface area contributed by atoms with Crippen LogP contribution in [0.4, 0.5) is 0 Å². The highest BCUT2D eigenvalue weighted by Gasteiger charge is 2.30. The first-order chi connectivity index (χ1) is 4.74. The van der Waals surface area contributed by atoms with E-state index in [1.807, 2.05) is 0 Å². The molecule has 0 aliphatic heterocycles. The van der Waals surface area contributed by atoms with Crippen molar-refractivity contribution in [2.45, 2.75) is 19.2 Å². The van der Waals surface area contributed by atoms with Gasteiger partial charge >= 0.3 is 0 Å². The highest BCUT2D eigenvalue weighted by molar-refractivity contribution is 6.21. The first-order valence-electron chi connectivity index (χ1n) is 3.28. The molecule has 2 radical (unpaired) electrons. The van der Waals surface area contributed by atoms with Crippen molar-refractivity contribution in [1.82, 2.24) is 5.32 Å². The van der Waals surface area contributed by atoms with Gasteiger partial charge in [-0.05, 0) is 19.2 Å². The molecule has 4 heteroatoms. The zero-order valence-electron chi connectivity index (χ0n) is 5.59. The van der Waals surface area contributed by atoms with Crippen LogP contribution in [-0.2, 0) is 9.59 Å². The molecular formula is C6H8BNO2. The monoisotopic (exact) mass is 137 g/mol. The second-order valence-corrected chi connectivity index (χ2v) is 2.39. The molecule has 0 saturated heterocycles. The van der Waals surface area contributed by atoms with Gasteiger partial charge in [-0.3, -0.25) is 14.9 Å². The van der Waals surface area contributed by atoms with Gasteiger partial charge in [0.15, 0.2) is 0 Å². The molecule has 1 fully saturated rings. The average Bonchev–Trinajstić information content (AvgIpc) is 2.68. The predicted molar refractivity (Wildman–Crippen MR) is 36.4 cm³/mol. The van der Waals surface area contributed by atoms with Gasteiger partial charge in [0.05, 0.1) is 7.85 Å². The standard InChI is InChI=1S/C6H8BNO2/c7-3-5(9)8-6(10)4-1-2-4/h4H,1-3H2,(H,8,9,10). The van der Waals surface area contributed by atoms with Crippen LogP contribution in [-0.4, -0.2) is 19.7 Å².